The van der Waals surface area contributed by atoms with E-state index in [4.69, 9.17) is 9.47 Å². The predicted octanol–water partition coefficient (Wildman–Crippen LogP) is 3.36. The number of benzene rings is 1. The summed E-state index contributed by atoms with van der Waals surface area (Å²) < 4.78 is 10.3. The summed E-state index contributed by atoms with van der Waals surface area (Å²) in [6.45, 7) is 8.21. The van der Waals surface area contributed by atoms with Crippen LogP contribution in [0.5, 0.6) is 5.75 Å². The SMILES string of the molecule is CCOC(=O)C=C(C)Cc1cc(C)cc(C)c1OC. The van der Waals surface area contributed by atoms with Crippen LogP contribution in [0, 0.1) is 13.8 Å². The molecule has 3 heteroatoms. The Morgan fingerprint density at radius 3 is 2.58 bits per heavy atom. The van der Waals surface area contributed by atoms with Crippen LogP contribution in [-0.2, 0) is 16.0 Å². The first-order chi connectivity index (χ1) is 8.97. The number of hydrogen-bond donors (Lipinski definition) is 0. The van der Waals surface area contributed by atoms with E-state index in [0.717, 1.165) is 22.4 Å². The third kappa shape index (κ3) is 4.43. The van der Waals surface area contributed by atoms with Gasteiger partial charge in [-0.2, -0.15) is 0 Å². The summed E-state index contributed by atoms with van der Waals surface area (Å²) >= 11 is 0. The number of methoxy groups -OCH3 is 1. The van der Waals surface area contributed by atoms with Crippen molar-refractivity contribution in [3.63, 3.8) is 0 Å². The number of esters is 1. The quantitative estimate of drug-likeness (QED) is 0.603. The van der Waals surface area contributed by atoms with E-state index in [1.807, 2.05) is 13.8 Å². The Morgan fingerprint density at radius 2 is 2.00 bits per heavy atom. The van der Waals surface area contributed by atoms with Crippen molar-refractivity contribution in [3.05, 3.63) is 40.5 Å². The van der Waals surface area contributed by atoms with Gasteiger partial charge in [-0.15, -0.1) is 0 Å². The van der Waals surface area contributed by atoms with Gasteiger partial charge in [-0.05, 0) is 45.2 Å². The number of aryl methyl sites for hydroxylation is 2. The van der Waals surface area contributed by atoms with Crippen LogP contribution in [0.3, 0.4) is 0 Å². The van der Waals surface area contributed by atoms with Crippen molar-refractivity contribution in [3.8, 4) is 5.75 Å². The third-order valence-corrected chi connectivity index (χ3v) is 2.82. The van der Waals surface area contributed by atoms with Gasteiger partial charge in [0.2, 0.25) is 0 Å². The Morgan fingerprint density at radius 1 is 1.32 bits per heavy atom. The second-order valence-electron chi connectivity index (χ2n) is 4.69. The van der Waals surface area contributed by atoms with Gasteiger partial charge in [0, 0.05) is 6.08 Å². The monoisotopic (exact) mass is 262 g/mol. The van der Waals surface area contributed by atoms with Crippen molar-refractivity contribution in [1.82, 2.24) is 0 Å². The zero-order valence-electron chi connectivity index (χ0n) is 12.4. The molecule has 0 aromatic heterocycles. The summed E-state index contributed by atoms with van der Waals surface area (Å²) in [7, 11) is 1.67. The molecule has 0 N–H and O–H groups in total. The van der Waals surface area contributed by atoms with Crippen LogP contribution in [0.25, 0.3) is 0 Å². The van der Waals surface area contributed by atoms with Crippen molar-refractivity contribution in [2.24, 2.45) is 0 Å². The van der Waals surface area contributed by atoms with Gasteiger partial charge in [0.25, 0.3) is 0 Å². The molecule has 0 bridgehead atoms. The lowest BCUT2D eigenvalue weighted by atomic mass is 9.99. The minimum atomic E-state index is -0.289. The van der Waals surface area contributed by atoms with Crippen molar-refractivity contribution in [2.45, 2.75) is 34.1 Å². The lowest BCUT2D eigenvalue weighted by Crippen LogP contribution is -2.02. The lowest BCUT2D eigenvalue weighted by Gasteiger charge is -2.13. The maximum Gasteiger partial charge on any atom is 0.330 e. The molecular formula is C16H22O3. The Balaban J connectivity index is 2.96. The van der Waals surface area contributed by atoms with E-state index < -0.39 is 0 Å². The van der Waals surface area contributed by atoms with Gasteiger partial charge in [-0.25, -0.2) is 4.79 Å². The van der Waals surface area contributed by atoms with Crippen molar-refractivity contribution < 1.29 is 14.3 Å². The standard InChI is InChI=1S/C16H22O3/c1-6-19-15(17)10-12(3)9-14-8-11(2)7-13(4)16(14)18-5/h7-8,10H,6,9H2,1-5H3. The summed E-state index contributed by atoms with van der Waals surface area (Å²) in [5.74, 6) is 0.602. The van der Waals surface area contributed by atoms with Gasteiger partial charge >= 0.3 is 5.97 Å². The number of rotatable bonds is 5. The number of hydrogen-bond acceptors (Lipinski definition) is 3. The highest BCUT2D eigenvalue weighted by molar-refractivity contribution is 5.82. The molecule has 104 valence electrons. The molecule has 0 spiro atoms. The summed E-state index contributed by atoms with van der Waals surface area (Å²) in [5, 5.41) is 0. The molecule has 1 aromatic rings. The number of allylic oxidation sites excluding steroid dienone is 1. The first-order valence-electron chi connectivity index (χ1n) is 6.46. The molecule has 0 heterocycles. The molecule has 0 aliphatic carbocycles. The van der Waals surface area contributed by atoms with E-state index in [2.05, 4.69) is 19.1 Å². The molecule has 0 saturated carbocycles. The van der Waals surface area contributed by atoms with Crippen LogP contribution in [0.15, 0.2) is 23.8 Å². The Bertz CT molecular complexity index is 487. The second kappa shape index (κ2) is 6.98. The summed E-state index contributed by atoms with van der Waals surface area (Å²) in [4.78, 5) is 11.4. The van der Waals surface area contributed by atoms with Crippen LogP contribution in [0.2, 0.25) is 0 Å². The smallest absolute Gasteiger partial charge is 0.330 e. The van der Waals surface area contributed by atoms with Crippen LogP contribution in [0.4, 0.5) is 0 Å². The molecule has 0 saturated heterocycles. The summed E-state index contributed by atoms with van der Waals surface area (Å²) in [6, 6.07) is 4.18. The predicted molar refractivity (Wildman–Crippen MR) is 76.6 cm³/mol. The molecule has 1 aromatic carbocycles. The Hall–Kier alpha value is -1.77. The highest BCUT2D eigenvalue weighted by Gasteiger charge is 2.09. The first-order valence-corrected chi connectivity index (χ1v) is 6.46. The molecule has 0 radical (unpaired) electrons. The van der Waals surface area contributed by atoms with E-state index in [9.17, 15) is 4.79 Å². The van der Waals surface area contributed by atoms with E-state index in [1.54, 1.807) is 20.1 Å². The van der Waals surface area contributed by atoms with Crippen LogP contribution in [-0.4, -0.2) is 19.7 Å². The van der Waals surface area contributed by atoms with Crippen molar-refractivity contribution in [1.29, 1.82) is 0 Å². The van der Waals surface area contributed by atoms with E-state index in [0.29, 0.717) is 13.0 Å². The average Bonchev–Trinajstić information content (AvgIpc) is 2.28. The number of carbonyl (C=O) groups is 1. The van der Waals surface area contributed by atoms with Gasteiger partial charge < -0.3 is 9.47 Å². The minimum absolute atomic E-state index is 0.289. The van der Waals surface area contributed by atoms with Crippen molar-refractivity contribution in [2.75, 3.05) is 13.7 Å². The third-order valence-electron chi connectivity index (χ3n) is 2.82. The van der Waals surface area contributed by atoms with Crippen molar-refractivity contribution >= 4 is 5.97 Å². The Labute approximate surface area is 115 Å². The fraction of sp³-hybridized carbons (Fsp3) is 0.438. The van der Waals surface area contributed by atoms with Gasteiger partial charge in [0.15, 0.2) is 0 Å². The second-order valence-corrected chi connectivity index (χ2v) is 4.69. The van der Waals surface area contributed by atoms with Gasteiger partial charge in [-0.1, -0.05) is 23.3 Å². The van der Waals surface area contributed by atoms with Gasteiger partial charge in [-0.3, -0.25) is 0 Å². The first kappa shape index (κ1) is 15.3. The molecule has 19 heavy (non-hydrogen) atoms. The van der Waals surface area contributed by atoms with E-state index in [-0.39, 0.29) is 5.97 Å². The maximum absolute atomic E-state index is 11.4. The maximum atomic E-state index is 11.4. The van der Waals surface area contributed by atoms with E-state index in [1.165, 1.54) is 5.56 Å². The fourth-order valence-corrected chi connectivity index (χ4v) is 2.20. The molecule has 3 nitrogen and oxygen atoms in total. The van der Waals surface area contributed by atoms with Crippen LogP contribution >= 0.6 is 0 Å². The molecule has 0 aliphatic rings. The fourth-order valence-electron chi connectivity index (χ4n) is 2.20. The normalized spacial score (nSPS) is 11.3. The minimum Gasteiger partial charge on any atom is -0.496 e. The van der Waals surface area contributed by atoms with Crippen LogP contribution < -0.4 is 4.74 Å². The molecule has 0 atom stereocenters. The number of ether oxygens (including phenoxy) is 2. The molecule has 0 aliphatic heterocycles. The molecule has 0 amide bonds. The zero-order chi connectivity index (χ0) is 14.4. The summed E-state index contributed by atoms with van der Waals surface area (Å²) in [6.07, 6.45) is 2.23. The van der Waals surface area contributed by atoms with Gasteiger partial charge in [0.1, 0.15) is 5.75 Å². The number of carbonyl (C=O) groups excluding carboxylic acids is 1. The highest BCUT2D eigenvalue weighted by Crippen LogP contribution is 2.27. The average molecular weight is 262 g/mol. The Kier molecular flexibility index (Phi) is 5.61. The molecule has 0 fully saturated rings. The molecular weight excluding hydrogens is 240 g/mol. The zero-order valence-corrected chi connectivity index (χ0v) is 12.4. The largest absolute Gasteiger partial charge is 0.496 e. The topological polar surface area (TPSA) is 35.5 Å². The van der Waals surface area contributed by atoms with Crippen LogP contribution in [0.1, 0.15) is 30.5 Å². The van der Waals surface area contributed by atoms with E-state index >= 15 is 0 Å². The highest BCUT2D eigenvalue weighted by atomic mass is 16.5. The van der Waals surface area contributed by atoms with Gasteiger partial charge in [0.05, 0.1) is 13.7 Å². The molecule has 1 rings (SSSR count). The molecule has 0 unspecified atom stereocenters. The summed E-state index contributed by atoms with van der Waals surface area (Å²) in [5.41, 5.74) is 4.36. The lowest BCUT2D eigenvalue weighted by molar-refractivity contribution is -0.137.